The van der Waals surface area contributed by atoms with Gasteiger partial charge in [0.25, 0.3) is 0 Å². The Balaban J connectivity index is 0.00000272. The SMILES string of the molecule is Nc1ncnc2c1ncn2C1OC(COP(=O)(O)OP(=O)([O-])CP(=O)([O-])O)C(O)C1O.[Na+].[Na+]. The fraction of sp³-hybridized carbons (Fsp3) is 0.545. The van der Waals surface area contributed by atoms with E-state index in [2.05, 4.69) is 23.8 Å². The van der Waals surface area contributed by atoms with Crippen LogP contribution in [0, 0.1) is 0 Å². The number of aliphatic hydroxyl groups is 2. The van der Waals surface area contributed by atoms with Crippen molar-refractivity contribution in [2.45, 2.75) is 24.5 Å². The van der Waals surface area contributed by atoms with Gasteiger partial charge in [-0.3, -0.25) is 9.09 Å². The molecule has 0 aliphatic carbocycles. The molecule has 0 radical (unpaired) electrons. The van der Waals surface area contributed by atoms with Crippen molar-refractivity contribution in [3.8, 4) is 0 Å². The molecule has 0 bridgehead atoms. The van der Waals surface area contributed by atoms with E-state index >= 15 is 0 Å². The van der Waals surface area contributed by atoms with E-state index in [9.17, 15) is 38.6 Å². The van der Waals surface area contributed by atoms with Crippen LogP contribution in [0.5, 0.6) is 0 Å². The zero-order chi connectivity index (χ0) is 23.2. The maximum atomic E-state index is 11.8. The summed E-state index contributed by atoms with van der Waals surface area (Å²) in [6.07, 6.45) is -3.67. The molecule has 17 nitrogen and oxygen atoms in total. The number of aromatic nitrogens is 4. The summed E-state index contributed by atoms with van der Waals surface area (Å²) >= 11 is 0. The molecule has 0 aromatic carbocycles. The molecule has 1 aliphatic heterocycles. The van der Waals surface area contributed by atoms with Crippen molar-refractivity contribution in [2.75, 3.05) is 18.2 Å². The number of rotatable bonds is 8. The Labute approximate surface area is 229 Å². The van der Waals surface area contributed by atoms with Gasteiger partial charge >= 0.3 is 66.9 Å². The molecule has 33 heavy (non-hydrogen) atoms. The van der Waals surface area contributed by atoms with Crippen LogP contribution in [-0.4, -0.2) is 70.3 Å². The van der Waals surface area contributed by atoms with Crippen LogP contribution in [-0.2, 0) is 27.3 Å². The minimum Gasteiger partial charge on any atom is -0.778 e. The van der Waals surface area contributed by atoms with Gasteiger partial charge in [-0.15, -0.1) is 0 Å². The molecule has 22 heteroatoms. The number of phosphoric ester groups is 1. The maximum absolute atomic E-state index is 11.8. The van der Waals surface area contributed by atoms with E-state index in [-0.39, 0.29) is 76.1 Å². The summed E-state index contributed by atoms with van der Waals surface area (Å²) in [6, 6.07) is 0. The average Bonchev–Trinajstić information content (AvgIpc) is 3.13. The van der Waals surface area contributed by atoms with Crippen molar-refractivity contribution in [3.05, 3.63) is 12.7 Å². The Bertz CT molecular complexity index is 1120. The predicted molar refractivity (Wildman–Crippen MR) is 94.8 cm³/mol. The van der Waals surface area contributed by atoms with Gasteiger partial charge in [-0.25, -0.2) is 23.8 Å². The van der Waals surface area contributed by atoms with E-state index in [1.54, 1.807) is 0 Å². The van der Waals surface area contributed by atoms with E-state index in [0.717, 1.165) is 6.33 Å². The van der Waals surface area contributed by atoms with Crippen LogP contribution in [0.25, 0.3) is 11.2 Å². The molecule has 6 N–H and O–H groups in total. The number of imidazole rings is 1. The summed E-state index contributed by atoms with van der Waals surface area (Å²) in [6.45, 7) is -0.944. The number of aliphatic hydroxyl groups excluding tert-OH is 2. The van der Waals surface area contributed by atoms with Crippen molar-refractivity contribution in [2.24, 2.45) is 0 Å². The van der Waals surface area contributed by atoms with Crippen molar-refractivity contribution in [1.82, 2.24) is 19.5 Å². The molecular weight excluding hydrogens is 533 g/mol. The Kier molecular flexibility index (Phi) is 11.4. The molecule has 1 saturated heterocycles. The third-order valence-corrected chi connectivity index (χ3v) is 9.09. The molecular formula is C11H16N5Na2O12P3. The van der Waals surface area contributed by atoms with Crippen molar-refractivity contribution < 1.29 is 116 Å². The van der Waals surface area contributed by atoms with Crippen molar-refractivity contribution in [3.63, 3.8) is 0 Å². The Morgan fingerprint density at radius 2 is 1.76 bits per heavy atom. The average molecular weight is 549 g/mol. The third-order valence-electron chi connectivity index (χ3n) is 3.98. The van der Waals surface area contributed by atoms with Gasteiger partial charge in [-0.1, -0.05) is 0 Å². The van der Waals surface area contributed by atoms with Gasteiger partial charge in [-0.2, -0.15) is 0 Å². The number of fused-ring (bicyclic) bond motifs is 1. The summed E-state index contributed by atoms with van der Waals surface area (Å²) < 4.78 is 48.8. The van der Waals surface area contributed by atoms with Gasteiger partial charge in [-0.05, 0) is 0 Å². The summed E-state index contributed by atoms with van der Waals surface area (Å²) in [5.74, 6) is -1.89. The number of nitrogens with zero attached hydrogens (tertiary/aromatic N) is 4. The minimum atomic E-state index is -5.51. The van der Waals surface area contributed by atoms with Gasteiger partial charge in [0.15, 0.2) is 25.3 Å². The van der Waals surface area contributed by atoms with Crippen LogP contribution >= 0.6 is 23.0 Å². The van der Waals surface area contributed by atoms with E-state index in [0.29, 0.717) is 0 Å². The normalized spacial score (nSPS) is 28.2. The molecule has 7 unspecified atom stereocenters. The first-order chi connectivity index (χ1) is 14.2. The summed E-state index contributed by atoms with van der Waals surface area (Å²) in [4.78, 5) is 51.8. The van der Waals surface area contributed by atoms with Gasteiger partial charge in [0.2, 0.25) is 0 Å². The van der Waals surface area contributed by atoms with Gasteiger partial charge in [0, 0.05) is 0 Å². The first-order valence-electron chi connectivity index (χ1n) is 8.15. The number of hydrogen-bond donors (Lipinski definition) is 5. The van der Waals surface area contributed by atoms with Crippen molar-refractivity contribution >= 4 is 40.0 Å². The molecule has 2 aromatic heterocycles. The summed E-state index contributed by atoms with van der Waals surface area (Å²) in [5.41, 5.74) is 6.01. The van der Waals surface area contributed by atoms with Crippen LogP contribution in [0.2, 0.25) is 0 Å². The number of ether oxygens (including phenoxy) is 1. The molecule has 2 aromatic rings. The maximum Gasteiger partial charge on any atom is 1.00 e. The molecule has 3 rings (SSSR count). The van der Waals surface area contributed by atoms with Gasteiger partial charge < -0.3 is 49.4 Å². The van der Waals surface area contributed by atoms with Crippen LogP contribution in [0.4, 0.5) is 5.82 Å². The van der Waals surface area contributed by atoms with Gasteiger partial charge in [0.05, 0.1) is 18.8 Å². The Morgan fingerprint density at radius 3 is 2.36 bits per heavy atom. The number of hydrogen-bond acceptors (Lipinski definition) is 14. The van der Waals surface area contributed by atoms with E-state index in [1.807, 2.05) is 0 Å². The molecule has 174 valence electrons. The quantitative estimate of drug-likeness (QED) is 0.151. The van der Waals surface area contributed by atoms with Crippen LogP contribution in [0.3, 0.4) is 0 Å². The fourth-order valence-corrected chi connectivity index (χ4v) is 6.95. The standard InChI is InChI=1S/C11H18N5O12P3.2Na/c12-9-6-10(14-2-13-9)16(3-15-6)11-8(18)7(17)5(27-11)1-26-31(24,25)28-30(22,23)4-29(19,20)21;;/h2-3,5,7-8,11,17-18H,1,4H2,(H,22,23)(H,24,25)(H2,12,13,14)(H2,19,20,21);;/q;2*+1/p-2. The predicted octanol–water partition coefficient (Wildman–Crippen LogP) is -8.77. The third kappa shape index (κ3) is 8.09. The number of anilines is 1. The smallest absolute Gasteiger partial charge is 0.778 e. The molecule has 7 atom stereocenters. The zero-order valence-corrected chi connectivity index (χ0v) is 23.8. The number of phosphoric acid groups is 1. The molecule has 1 aliphatic rings. The first-order valence-corrected chi connectivity index (χ1v) is 13.1. The topological polar surface area (TPSA) is 276 Å². The second kappa shape index (κ2) is 11.8. The first kappa shape index (κ1) is 31.7. The molecule has 1 fully saturated rings. The molecule has 3 heterocycles. The van der Waals surface area contributed by atoms with E-state index < -0.39 is 60.1 Å². The van der Waals surface area contributed by atoms with Crippen LogP contribution in [0.15, 0.2) is 12.7 Å². The second-order valence-corrected chi connectivity index (χ2v) is 11.8. The largest absolute Gasteiger partial charge is 1.00 e. The second-order valence-electron chi connectivity index (χ2n) is 6.36. The van der Waals surface area contributed by atoms with E-state index in [1.165, 1.54) is 10.9 Å². The number of nitrogen functional groups attached to an aromatic ring is 1. The monoisotopic (exact) mass is 549 g/mol. The van der Waals surface area contributed by atoms with Crippen LogP contribution < -0.4 is 74.6 Å². The Hall–Kier alpha value is 0.680. The van der Waals surface area contributed by atoms with Gasteiger partial charge in [0.1, 0.15) is 37.8 Å². The molecule has 0 amide bonds. The van der Waals surface area contributed by atoms with E-state index in [4.69, 9.17) is 15.4 Å². The summed E-state index contributed by atoms with van der Waals surface area (Å²) in [5, 5.41) is 20.4. The minimum absolute atomic E-state index is 0. The number of nitrogens with two attached hydrogens (primary N) is 1. The van der Waals surface area contributed by atoms with Crippen molar-refractivity contribution in [1.29, 1.82) is 0 Å². The molecule has 0 saturated carbocycles. The Morgan fingerprint density at radius 1 is 1.12 bits per heavy atom. The van der Waals surface area contributed by atoms with Crippen LogP contribution in [0.1, 0.15) is 6.23 Å². The summed E-state index contributed by atoms with van der Waals surface area (Å²) in [7, 11) is -16.3. The zero-order valence-electron chi connectivity index (χ0n) is 17.1. The molecule has 0 spiro atoms. The fourth-order valence-electron chi connectivity index (χ4n) is 2.75.